The third-order valence-corrected chi connectivity index (χ3v) is 3.33. The van der Waals surface area contributed by atoms with Crippen molar-refractivity contribution in [1.82, 2.24) is 0 Å². The molecule has 1 N–H and O–H groups in total. The highest BCUT2D eigenvalue weighted by atomic mass is 16.5. The summed E-state index contributed by atoms with van der Waals surface area (Å²) in [6.07, 6.45) is 3.37. The molecule has 1 fully saturated rings. The first-order chi connectivity index (χ1) is 9.48. The van der Waals surface area contributed by atoms with E-state index in [1.807, 2.05) is 13.8 Å². The van der Waals surface area contributed by atoms with E-state index in [-0.39, 0.29) is 11.9 Å². The maximum absolute atomic E-state index is 12.0. The first kappa shape index (κ1) is 14.6. The summed E-state index contributed by atoms with van der Waals surface area (Å²) in [6, 6.07) is 6.93. The predicted octanol–water partition coefficient (Wildman–Crippen LogP) is 2.97. The van der Waals surface area contributed by atoms with Crippen molar-refractivity contribution >= 4 is 5.78 Å². The molecule has 0 aliphatic heterocycles. The molecule has 0 unspecified atom stereocenters. The summed E-state index contributed by atoms with van der Waals surface area (Å²) >= 11 is 0. The Morgan fingerprint density at radius 1 is 1.25 bits per heavy atom. The molecule has 106 valence electrons. The van der Waals surface area contributed by atoms with E-state index < -0.39 is 5.60 Å². The molecule has 3 heteroatoms. The Morgan fingerprint density at radius 3 is 2.40 bits per heavy atom. The Labute approximate surface area is 120 Å². The van der Waals surface area contributed by atoms with Crippen molar-refractivity contribution in [3.63, 3.8) is 0 Å². The van der Waals surface area contributed by atoms with Gasteiger partial charge in [-0.2, -0.15) is 0 Å². The number of rotatable bonds is 3. The molecular formula is C17H20O3. The Bertz CT molecular complexity index is 526. The molecule has 1 aromatic carbocycles. The molecule has 0 heterocycles. The number of carbonyl (C=O) groups is 1. The third-order valence-electron chi connectivity index (χ3n) is 3.33. The van der Waals surface area contributed by atoms with Crippen LogP contribution >= 0.6 is 0 Å². The molecule has 0 spiro atoms. The second-order valence-corrected chi connectivity index (χ2v) is 5.51. The molecule has 0 saturated heterocycles. The highest BCUT2D eigenvalue weighted by Crippen LogP contribution is 2.28. The highest BCUT2D eigenvalue weighted by molar-refractivity contribution is 6.09. The number of carbonyl (C=O) groups excluding carboxylic acids is 1. The molecule has 0 amide bonds. The fourth-order valence-corrected chi connectivity index (χ4v) is 2.29. The first-order valence-electron chi connectivity index (χ1n) is 7.05. The van der Waals surface area contributed by atoms with E-state index in [2.05, 4.69) is 11.8 Å². The Hall–Kier alpha value is -1.79. The number of ether oxygens (including phenoxy) is 1. The standard InChI is InChI=1S/C17H20O3/c1-13(2)20-15-7-5-14(6-8-15)16(18)9-12-17(19)10-3-4-11-17/h5-8,13,19H,3-4,10-11H2,1-2H3. The molecule has 2 rings (SSSR count). The zero-order valence-electron chi connectivity index (χ0n) is 12.0. The summed E-state index contributed by atoms with van der Waals surface area (Å²) in [5.74, 6) is 5.76. The maximum atomic E-state index is 12.0. The maximum Gasteiger partial charge on any atom is 0.235 e. The van der Waals surface area contributed by atoms with Crippen molar-refractivity contribution in [2.75, 3.05) is 0 Å². The van der Waals surface area contributed by atoms with E-state index in [1.54, 1.807) is 24.3 Å². The van der Waals surface area contributed by atoms with E-state index in [0.29, 0.717) is 18.4 Å². The molecule has 3 nitrogen and oxygen atoms in total. The molecule has 1 saturated carbocycles. The van der Waals surface area contributed by atoms with Crippen molar-refractivity contribution in [1.29, 1.82) is 0 Å². The van der Waals surface area contributed by atoms with Crippen LogP contribution in [0.1, 0.15) is 49.9 Å². The van der Waals surface area contributed by atoms with Crippen molar-refractivity contribution < 1.29 is 14.6 Å². The van der Waals surface area contributed by atoms with E-state index >= 15 is 0 Å². The van der Waals surface area contributed by atoms with E-state index in [1.165, 1.54) is 0 Å². The zero-order valence-corrected chi connectivity index (χ0v) is 12.0. The number of Topliss-reactive ketones (excluding diaryl/α,β-unsaturated/α-hetero) is 1. The molecule has 1 aliphatic rings. The topological polar surface area (TPSA) is 46.5 Å². The highest BCUT2D eigenvalue weighted by Gasteiger charge is 2.28. The Kier molecular flexibility index (Phi) is 4.46. The van der Waals surface area contributed by atoms with Gasteiger partial charge in [0.2, 0.25) is 5.78 Å². The summed E-state index contributed by atoms with van der Waals surface area (Å²) in [5, 5.41) is 10.1. The van der Waals surface area contributed by atoms with Gasteiger partial charge in [-0.1, -0.05) is 5.92 Å². The third kappa shape index (κ3) is 3.85. The van der Waals surface area contributed by atoms with Crippen LogP contribution in [0.3, 0.4) is 0 Å². The van der Waals surface area contributed by atoms with Crippen LogP contribution in [0.15, 0.2) is 24.3 Å². The first-order valence-corrected chi connectivity index (χ1v) is 7.05. The molecule has 20 heavy (non-hydrogen) atoms. The molecule has 0 atom stereocenters. The van der Waals surface area contributed by atoms with Gasteiger partial charge in [-0.05, 0) is 69.7 Å². The van der Waals surface area contributed by atoms with Gasteiger partial charge in [0, 0.05) is 5.56 Å². The second-order valence-electron chi connectivity index (χ2n) is 5.51. The van der Waals surface area contributed by atoms with Crippen LogP contribution in [-0.4, -0.2) is 22.6 Å². The molecular weight excluding hydrogens is 252 g/mol. The zero-order chi connectivity index (χ0) is 14.6. The summed E-state index contributed by atoms with van der Waals surface area (Å²) in [4.78, 5) is 12.0. The number of aliphatic hydroxyl groups is 1. The van der Waals surface area contributed by atoms with Gasteiger partial charge in [0.05, 0.1) is 6.10 Å². The normalized spacial score (nSPS) is 16.6. The van der Waals surface area contributed by atoms with Gasteiger partial charge in [-0.3, -0.25) is 4.79 Å². The average Bonchev–Trinajstić information content (AvgIpc) is 2.84. The van der Waals surface area contributed by atoms with Gasteiger partial charge >= 0.3 is 0 Å². The lowest BCUT2D eigenvalue weighted by molar-refractivity contribution is 0.103. The van der Waals surface area contributed by atoms with Crippen molar-refractivity contribution in [2.24, 2.45) is 0 Å². The number of hydrogen-bond acceptors (Lipinski definition) is 3. The number of hydrogen-bond donors (Lipinski definition) is 1. The lowest BCUT2D eigenvalue weighted by Gasteiger charge is -2.12. The van der Waals surface area contributed by atoms with Gasteiger partial charge in [0.25, 0.3) is 0 Å². The average molecular weight is 272 g/mol. The van der Waals surface area contributed by atoms with Crippen LogP contribution in [0.25, 0.3) is 0 Å². The van der Waals surface area contributed by atoms with Crippen LogP contribution in [0.5, 0.6) is 5.75 Å². The summed E-state index contributed by atoms with van der Waals surface area (Å²) in [5.41, 5.74) is -0.439. The van der Waals surface area contributed by atoms with Crippen molar-refractivity contribution in [3.05, 3.63) is 29.8 Å². The summed E-state index contributed by atoms with van der Waals surface area (Å²) in [7, 11) is 0. The monoisotopic (exact) mass is 272 g/mol. The minimum Gasteiger partial charge on any atom is -0.491 e. The van der Waals surface area contributed by atoms with E-state index in [9.17, 15) is 9.90 Å². The van der Waals surface area contributed by atoms with Crippen LogP contribution in [0.4, 0.5) is 0 Å². The SMILES string of the molecule is CC(C)Oc1ccc(C(=O)C#CC2(O)CCCC2)cc1. The summed E-state index contributed by atoms with van der Waals surface area (Å²) < 4.78 is 5.52. The lowest BCUT2D eigenvalue weighted by atomic mass is 10.0. The fourth-order valence-electron chi connectivity index (χ4n) is 2.29. The Morgan fingerprint density at radius 2 is 1.85 bits per heavy atom. The Balaban J connectivity index is 2.04. The second kappa shape index (κ2) is 6.11. The predicted molar refractivity (Wildman–Crippen MR) is 77.7 cm³/mol. The van der Waals surface area contributed by atoms with Crippen LogP contribution in [0, 0.1) is 11.8 Å². The number of benzene rings is 1. The van der Waals surface area contributed by atoms with E-state index in [4.69, 9.17) is 4.74 Å². The van der Waals surface area contributed by atoms with Gasteiger partial charge in [0.1, 0.15) is 11.4 Å². The summed E-state index contributed by atoms with van der Waals surface area (Å²) in [6.45, 7) is 3.90. The molecule has 1 aromatic rings. The fraction of sp³-hybridized carbons (Fsp3) is 0.471. The smallest absolute Gasteiger partial charge is 0.235 e. The van der Waals surface area contributed by atoms with E-state index in [0.717, 1.165) is 18.6 Å². The van der Waals surface area contributed by atoms with Crippen LogP contribution in [-0.2, 0) is 0 Å². The quantitative estimate of drug-likeness (QED) is 0.523. The largest absolute Gasteiger partial charge is 0.491 e. The lowest BCUT2D eigenvalue weighted by Crippen LogP contribution is -2.21. The van der Waals surface area contributed by atoms with Gasteiger partial charge in [-0.15, -0.1) is 0 Å². The molecule has 0 radical (unpaired) electrons. The minimum absolute atomic E-state index is 0.105. The molecule has 0 bridgehead atoms. The van der Waals surface area contributed by atoms with Gasteiger partial charge in [0.15, 0.2) is 0 Å². The van der Waals surface area contributed by atoms with Crippen molar-refractivity contribution in [2.45, 2.75) is 51.2 Å². The van der Waals surface area contributed by atoms with Crippen molar-refractivity contribution in [3.8, 4) is 17.6 Å². The number of ketones is 1. The van der Waals surface area contributed by atoms with Gasteiger partial charge < -0.3 is 9.84 Å². The van der Waals surface area contributed by atoms with Crippen LogP contribution < -0.4 is 4.74 Å². The molecule has 1 aliphatic carbocycles. The molecule has 0 aromatic heterocycles. The minimum atomic E-state index is -0.962. The van der Waals surface area contributed by atoms with Gasteiger partial charge in [-0.25, -0.2) is 0 Å². The van der Waals surface area contributed by atoms with Crippen LogP contribution in [0.2, 0.25) is 0 Å².